The van der Waals surface area contributed by atoms with Crippen molar-refractivity contribution in [2.24, 2.45) is 23.7 Å². The molecule has 8 unspecified atom stereocenters. The lowest BCUT2D eigenvalue weighted by atomic mass is 10.1. The highest BCUT2D eigenvalue weighted by atomic mass is 15.2. The van der Waals surface area contributed by atoms with E-state index >= 15 is 0 Å². The molecular weight excluding hydrogens is 518 g/mol. The molecule has 4 rings (SSSR count). The van der Waals surface area contributed by atoms with Gasteiger partial charge in [-0.05, 0) is 112 Å². The fraction of sp³-hybridized carbons (Fsp3) is 1.00. The van der Waals surface area contributed by atoms with Crippen LogP contribution in [0.15, 0.2) is 0 Å². The van der Waals surface area contributed by atoms with E-state index in [1.54, 1.807) is 0 Å². The number of nitrogens with one attached hydrogen (secondary N) is 2. The number of hydrogen-bond acceptors (Lipinski definition) is 7. The molecule has 0 aliphatic carbocycles. The highest BCUT2D eigenvalue weighted by molar-refractivity contribution is 4.82. The number of likely N-dealkylation sites (tertiary alicyclic amines) is 4. The van der Waals surface area contributed by atoms with E-state index < -0.39 is 0 Å². The normalized spacial score (nSPS) is 34.1. The van der Waals surface area contributed by atoms with Crippen LogP contribution in [0.1, 0.15) is 81.1 Å². The van der Waals surface area contributed by atoms with Crippen molar-refractivity contribution >= 4 is 0 Å². The van der Waals surface area contributed by atoms with Crippen LogP contribution in [-0.4, -0.2) is 149 Å². The van der Waals surface area contributed by atoms with E-state index in [1.165, 1.54) is 78.0 Å². The summed E-state index contributed by atoms with van der Waals surface area (Å²) in [6.07, 6.45) is 5.53. The highest BCUT2D eigenvalue weighted by Gasteiger charge is 2.26. The standard InChI is InChI=1S/C10H22N2.2C9H20N2.C7H15N/c1-9-7-10(2)12(8-9)6-5-11(3)4;2*1-8-6-9(2)11(7-8)5-4-10-3;1-6-4-7(2)8(3)5-6/h9-10H,5-8H2,1-4H3;2*8-10H,4-7H2,1-3H3;6-7H,4-5H2,1-3H3. The molecule has 4 aliphatic heterocycles. The SMILES string of the molecule is CC1CC(C)N(C)C1.CC1CC(C)N(CCN(C)C)C1.CNCCN1CC(C)CC1C.CNCCN1CC(C)CC1C. The molecule has 42 heavy (non-hydrogen) atoms. The molecule has 0 aromatic rings. The van der Waals surface area contributed by atoms with Gasteiger partial charge in [-0.3, -0.25) is 14.7 Å². The van der Waals surface area contributed by atoms with Crippen molar-refractivity contribution in [1.29, 1.82) is 0 Å². The average molecular weight is 596 g/mol. The zero-order valence-corrected chi connectivity index (χ0v) is 30.8. The summed E-state index contributed by atoms with van der Waals surface area (Å²) >= 11 is 0. The lowest BCUT2D eigenvalue weighted by molar-refractivity contribution is 0.233. The second kappa shape index (κ2) is 21.5. The maximum absolute atomic E-state index is 3.19. The fourth-order valence-electron chi connectivity index (χ4n) is 7.44. The van der Waals surface area contributed by atoms with Gasteiger partial charge in [0.05, 0.1) is 0 Å². The molecule has 0 aromatic carbocycles. The number of nitrogens with zero attached hydrogens (tertiary/aromatic N) is 5. The van der Waals surface area contributed by atoms with Crippen LogP contribution in [0.5, 0.6) is 0 Å². The minimum atomic E-state index is 0.804. The Kier molecular flexibility index (Phi) is 20.3. The molecular formula is C35H77N7. The summed E-state index contributed by atoms with van der Waals surface area (Å²) in [6, 6.07) is 3.24. The summed E-state index contributed by atoms with van der Waals surface area (Å²) in [4.78, 5) is 12.4. The van der Waals surface area contributed by atoms with Gasteiger partial charge in [-0.15, -0.1) is 0 Å². The Labute approximate surface area is 264 Å². The molecule has 4 saturated heterocycles. The van der Waals surface area contributed by atoms with Gasteiger partial charge in [-0.25, -0.2) is 0 Å². The molecule has 4 heterocycles. The second-order valence-electron chi connectivity index (χ2n) is 15.2. The molecule has 4 aliphatic rings. The monoisotopic (exact) mass is 596 g/mol. The van der Waals surface area contributed by atoms with Gasteiger partial charge in [-0.2, -0.15) is 0 Å². The summed E-state index contributed by atoms with van der Waals surface area (Å²) in [5.74, 6) is 3.64. The van der Waals surface area contributed by atoms with Crippen molar-refractivity contribution in [3.05, 3.63) is 0 Å². The van der Waals surface area contributed by atoms with E-state index in [-0.39, 0.29) is 0 Å². The number of rotatable bonds is 9. The molecule has 0 bridgehead atoms. The van der Waals surface area contributed by atoms with Crippen LogP contribution in [0.4, 0.5) is 0 Å². The van der Waals surface area contributed by atoms with Crippen LogP contribution in [0, 0.1) is 23.7 Å². The first-order chi connectivity index (χ1) is 19.8. The van der Waals surface area contributed by atoms with Gasteiger partial charge in [0.15, 0.2) is 0 Å². The summed E-state index contributed by atoms with van der Waals surface area (Å²) in [7, 11) is 10.5. The third-order valence-corrected chi connectivity index (χ3v) is 9.97. The van der Waals surface area contributed by atoms with E-state index in [0.29, 0.717) is 0 Å². The third-order valence-electron chi connectivity index (χ3n) is 9.97. The number of likely N-dealkylation sites (N-methyl/N-ethyl adjacent to an activating group) is 3. The van der Waals surface area contributed by atoms with Crippen LogP contribution in [0.3, 0.4) is 0 Å². The van der Waals surface area contributed by atoms with E-state index in [4.69, 9.17) is 0 Å². The molecule has 2 N–H and O–H groups in total. The van der Waals surface area contributed by atoms with Gasteiger partial charge in [-0.1, -0.05) is 27.7 Å². The van der Waals surface area contributed by atoms with Crippen LogP contribution >= 0.6 is 0 Å². The minimum Gasteiger partial charge on any atom is -0.318 e. The molecule has 0 spiro atoms. The van der Waals surface area contributed by atoms with Crippen molar-refractivity contribution in [1.82, 2.24) is 35.1 Å². The van der Waals surface area contributed by atoms with E-state index in [1.807, 2.05) is 14.1 Å². The topological polar surface area (TPSA) is 40.3 Å². The Morgan fingerprint density at radius 3 is 1.07 bits per heavy atom. The molecule has 0 amide bonds. The molecule has 0 radical (unpaired) electrons. The lowest BCUT2D eigenvalue weighted by Gasteiger charge is -2.22. The van der Waals surface area contributed by atoms with Gasteiger partial charge in [0, 0.05) is 89.6 Å². The molecule has 0 saturated carbocycles. The summed E-state index contributed by atoms with van der Waals surface area (Å²) < 4.78 is 0. The predicted octanol–water partition coefficient (Wildman–Crippen LogP) is 4.50. The highest BCUT2D eigenvalue weighted by Crippen LogP contribution is 2.23. The van der Waals surface area contributed by atoms with Crippen LogP contribution < -0.4 is 10.6 Å². The maximum atomic E-state index is 3.19. The molecule has 7 nitrogen and oxygen atoms in total. The molecule has 4 fully saturated rings. The quantitative estimate of drug-likeness (QED) is 0.407. The first-order valence-electron chi connectivity index (χ1n) is 17.6. The zero-order chi connectivity index (χ0) is 31.8. The Morgan fingerprint density at radius 1 is 0.524 bits per heavy atom. The molecule has 7 heteroatoms. The van der Waals surface area contributed by atoms with Gasteiger partial charge >= 0.3 is 0 Å². The van der Waals surface area contributed by atoms with E-state index in [0.717, 1.165) is 60.9 Å². The fourth-order valence-corrected chi connectivity index (χ4v) is 7.44. The Hall–Kier alpha value is -0.280. The third kappa shape index (κ3) is 16.2. The first kappa shape index (κ1) is 39.7. The van der Waals surface area contributed by atoms with Crippen molar-refractivity contribution in [2.45, 2.75) is 105 Å². The van der Waals surface area contributed by atoms with Gasteiger partial charge < -0.3 is 20.4 Å². The van der Waals surface area contributed by atoms with Crippen LogP contribution in [0.2, 0.25) is 0 Å². The van der Waals surface area contributed by atoms with Gasteiger partial charge in [0.2, 0.25) is 0 Å². The predicted molar refractivity (Wildman–Crippen MR) is 187 cm³/mol. The second-order valence-corrected chi connectivity index (χ2v) is 15.2. The van der Waals surface area contributed by atoms with Crippen LogP contribution in [0.25, 0.3) is 0 Å². The molecule has 8 atom stereocenters. The van der Waals surface area contributed by atoms with Crippen molar-refractivity contribution in [3.8, 4) is 0 Å². The summed E-state index contributed by atoms with van der Waals surface area (Å²) in [5.41, 5.74) is 0. The largest absolute Gasteiger partial charge is 0.318 e. The Morgan fingerprint density at radius 2 is 0.857 bits per heavy atom. The smallest absolute Gasteiger partial charge is 0.0112 e. The maximum Gasteiger partial charge on any atom is 0.0112 e. The van der Waals surface area contributed by atoms with Crippen LogP contribution in [-0.2, 0) is 0 Å². The first-order valence-corrected chi connectivity index (χ1v) is 17.6. The van der Waals surface area contributed by atoms with Crippen molar-refractivity contribution < 1.29 is 0 Å². The van der Waals surface area contributed by atoms with Gasteiger partial charge in [0.25, 0.3) is 0 Å². The van der Waals surface area contributed by atoms with E-state index in [9.17, 15) is 0 Å². The van der Waals surface area contributed by atoms with Crippen molar-refractivity contribution in [2.75, 3.05) is 101 Å². The summed E-state index contributed by atoms with van der Waals surface area (Å²) in [6.45, 7) is 30.9. The zero-order valence-electron chi connectivity index (χ0n) is 30.8. The number of hydrogen-bond donors (Lipinski definition) is 2. The van der Waals surface area contributed by atoms with Gasteiger partial charge in [0.1, 0.15) is 0 Å². The molecule has 252 valence electrons. The Balaban J connectivity index is 0.000000282. The lowest BCUT2D eigenvalue weighted by Crippen LogP contribution is -2.34. The van der Waals surface area contributed by atoms with Crippen molar-refractivity contribution in [3.63, 3.8) is 0 Å². The summed E-state index contributed by atoms with van der Waals surface area (Å²) in [5, 5.41) is 6.38. The minimum absolute atomic E-state index is 0.804. The Bertz CT molecular complexity index is 623. The van der Waals surface area contributed by atoms with E-state index in [2.05, 4.69) is 112 Å². The average Bonchev–Trinajstić information content (AvgIpc) is 3.61. The molecule has 0 aromatic heterocycles.